The molecule has 1 atom stereocenters. The Hall–Kier alpha value is -3.16. The van der Waals surface area contributed by atoms with Crippen molar-refractivity contribution in [2.45, 2.75) is 89.6 Å². The molecule has 238 valence electrons. The molecule has 2 aromatic rings. The first-order chi connectivity index (χ1) is 19.9. The lowest BCUT2D eigenvalue weighted by Crippen LogP contribution is -3.15. The fourth-order valence-electron chi connectivity index (χ4n) is 4.67. The highest BCUT2D eigenvalue weighted by Crippen LogP contribution is 2.35. The summed E-state index contributed by atoms with van der Waals surface area (Å²) in [6.07, 6.45) is -3.82. The summed E-state index contributed by atoms with van der Waals surface area (Å²) in [4.78, 5) is 26.4. The van der Waals surface area contributed by atoms with Crippen molar-refractivity contribution in [3.8, 4) is 11.5 Å². The Morgan fingerprint density at radius 3 is 2.42 bits per heavy atom. The van der Waals surface area contributed by atoms with E-state index in [0.29, 0.717) is 41.9 Å². The average molecular weight is 630 g/mol. The van der Waals surface area contributed by atoms with E-state index < -0.39 is 28.1 Å². The number of benzene rings is 2. The van der Waals surface area contributed by atoms with E-state index >= 15 is 0 Å². The van der Waals surface area contributed by atoms with E-state index in [1.54, 1.807) is 46.8 Å². The second-order valence-electron chi connectivity index (χ2n) is 11.7. The lowest BCUT2D eigenvalue weighted by molar-refractivity contribution is -0.825. The molecule has 0 saturated carbocycles. The Balaban J connectivity index is 1.67. The molecule has 1 heterocycles. The molecule has 9 nitrogen and oxygen atoms in total. The molecule has 0 bridgehead atoms. The molecule has 0 radical (unpaired) electrons. The van der Waals surface area contributed by atoms with Crippen molar-refractivity contribution >= 4 is 21.9 Å². The summed E-state index contributed by atoms with van der Waals surface area (Å²) in [7, 11) is -3.90. The van der Waals surface area contributed by atoms with Gasteiger partial charge in [0, 0.05) is 36.4 Å². The van der Waals surface area contributed by atoms with Gasteiger partial charge < -0.3 is 14.2 Å². The Kier molecular flexibility index (Phi) is 11.2. The van der Waals surface area contributed by atoms with Crippen molar-refractivity contribution in [1.82, 2.24) is 4.72 Å². The van der Waals surface area contributed by atoms with Crippen LogP contribution in [0.2, 0.25) is 0 Å². The number of hydrogen-bond acceptors (Lipinski definition) is 7. The highest BCUT2D eigenvalue weighted by Gasteiger charge is 2.33. The first-order valence-corrected chi connectivity index (χ1v) is 15.7. The highest BCUT2D eigenvalue weighted by molar-refractivity contribution is 7.89. The number of carbonyl (C=O) groups excluding carboxylic acids is 2. The van der Waals surface area contributed by atoms with Crippen LogP contribution in [0.4, 0.5) is 18.0 Å². The Labute approximate surface area is 250 Å². The van der Waals surface area contributed by atoms with Crippen LogP contribution in [0.5, 0.6) is 11.5 Å². The van der Waals surface area contributed by atoms with Crippen LogP contribution in [0.3, 0.4) is 0 Å². The van der Waals surface area contributed by atoms with Gasteiger partial charge in [-0.05, 0) is 71.2 Å². The van der Waals surface area contributed by atoms with Gasteiger partial charge in [0.05, 0.1) is 19.7 Å². The number of fused-ring (bicyclic) bond motifs is 1. The number of halogens is 3. The van der Waals surface area contributed by atoms with E-state index in [0.717, 1.165) is 0 Å². The molecule has 43 heavy (non-hydrogen) atoms. The SMILES string of the molecule is CC(C)NS(=O)(=O)c1cc(C(=O)CCCC[NH+](CCc2ccccc2OC(F)(F)F)C(=O)OC(C)(C)C)cc2c1OCC2. The molecule has 0 aliphatic carbocycles. The second kappa shape index (κ2) is 14.1. The number of carbonyl (C=O) groups is 2. The summed E-state index contributed by atoms with van der Waals surface area (Å²) < 4.78 is 82.2. The maximum atomic E-state index is 13.1. The van der Waals surface area contributed by atoms with Gasteiger partial charge in [0.2, 0.25) is 10.0 Å². The van der Waals surface area contributed by atoms with E-state index in [1.807, 2.05) is 0 Å². The molecule has 0 aromatic heterocycles. The van der Waals surface area contributed by atoms with Crippen LogP contribution in [0.1, 0.15) is 75.4 Å². The lowest BCUT2D eigenvalue weighted by Gasteiger charge is -2.23. The minimum absolute atomic E-state index is 0.0603. The topological polar surface area (TPSA) is 112 Å². The average Bonchev–Trinajstić information content (AvgIpc) is 3.34. The second-order valence-corrected chi connectivity index (χ2v) is 13.4. The van der Waals surface area contributed by atoms with Crippen molar-refractivity contribution in [2.24, 2.45) is 0 Å². The molecule has 2 aromatic carbocycles. The molecule has 1 aliphatic rings. The van der Waals surface area contributed by atoms with Gasteiger partial charge >= 0.3 is 12.5 Å². The van der Waals surface area contributed by atoms with Crippen molar-refractivity contribution in [3.63, 3.8) is 0 Å². The van der Waals surface area contributed by atoms with Gasteiger partial charge in [-0.3, -0.25) is 4.79 Å². The minimum Gasteiger partial charge on any atom is -0.492 e. The van der Waals surface area contributed by atoms with Gasteiger partial charge in [0.1, 0.15) is 22.0 Å². The molecule has 2 N–H and O–H groups in total. The zero-order chi connectivity index (χ0) is 32.0. The highest BCUT2D eigenvalue weighted by atomic mass is 32.2. The minimum atomic E-state index is -4.85. The first kappa shape index (κ1) is 34.3. The smallest absolute Gasteiger partial charge is 0.492 e. The third-order valence-electron chi connectivity index (χ3n) is 6.47. The number of amides is 1. The van der Waals surface area contributed by atoms with E-state index in [2.05, 4.69) is 9.46 Å². The van der Waals surface area contributed by atoms with Crippen molar-refractivity contribution in [1.29, 1.82) is 0 Å². The molecule has 0 fully saturated rings. The third-order valence-corrected chi connectivity index (χ3v) is 8.13. The van der Waals surface area contributed by atoms with Crippen LogP contribution in [-0.4, -0.2) is 58.0 Å². The standard InChI is InChI=1S/C30H39F3N2O7S/c1-20(2)34-43(38,39)26-19-23(18-22-14-17-40-27(22)26)24(36)11-8-9-15-35(28(37)42-29(3,4)5)16-13-21-10-6-7-12-25(21)41-30(31,32)33/h6-7,10,12,18-20,34H,8-9,11,13-17H2,1-5H3/p+1. The number of alkyl carbamates (subject to hydrolysis) is 2. The quantitative estimate of drug-likeness (QED) is 0.246. The summed E-state index contributed by atoms with van der Waals surface area (Å²) in [5, 5.41) is 0. The summed E-state index contributed by atoms with van der Waals surface area (Å²) in [6.45, 7) is 9.32. The van der Waals surface area contributed by atoms with Crippen LogP contribution < -0.4 is 19.1 Å². The number of ether oxygens (including phenoxy) is 3. The number of rotatable bonds is 13. The van der Waals surface area contributed by atoms with Crippen LogP contribution in [0.15, 0.2) is 41.3 Å². The number of unbranched alkanes of at least 4 members (excludes halogenated alkanes) is 1. The van der Waals surface area contributed by atoms with E-state index in [4.69, 9.17) is 9.47 Å². The molecule has 13 heteroatoms. The van der Waals surface area contributed by atoms with Crippen LogP contribution in [-0.2, 0) is 27.6 Å². The van der Waals surface area contributed by atoms with Crippen molar-refractivity contribution < 1.29 is 50.3 Å². The van der Waals surface area contributed by atoms with Crippen molar-refractivity contribution in [2.75, 3.05) is 19.7 Å². The number of quaternary nitrogens is 1. The maximum Gasteiger partial charge on any atom is 0.573 e. The predicted octanol–water partition coefficient (Wildman–Crippen LogP) is 4.62. The normalized spacial score (nSPS) is 14.3. The largest absolute Gasteiger partial charge is 0.573 e. The predicted molar refractivity (Wildman–Crippen MR) is 153 cm³/mol. The molecule has 0 saturated heterocycles. The van der Waals surface area contributed by atoms with Crippen molar-refractivity contribution in [3.05, 3.63) is 53.1 Å². The Bertz CT molecular complexity index is 1400. The lowest BCUT2D eigenvalue weighted by atomic mass is 10.0. The Morgan fingerprint density at radius 1 is 1.07 bits per heavy atom. The Morgan fingerprint density at radius 2 is 1.77 bits per heavy atom. The summed E-state index contributed by atoms with van der Waals surface area (Å²) in [5.41, 5.74) is 0.459. The van der Waals surface area contributed by atoms with Gasteiger partial charge in [-0.15, -0.1) is 13.2 Å². The number of sulfonamides is 1. The number of Topliss-reactive ketones (excluding diaryl/α,β-unsaturated/α-hetero) is 1. The number of alkyl halides is 3. The van der Waals surface area contributed by atoms with Gasteiger partial charge in [-0.2, -0.15) is 4.79 Å². The molecule has 1 amide bonds. The summed E-state index contributed by atoms with van der Waals surface area (Å²) >= 11 is 0. The molecular weight excluding hydrogens is 589 g/mol. The molecule has 3 rings (SSSR count). The molecule has 1 unspecified atom stereocenters. The monoisotopic (exact) mass is 629 g/mol. The zero-order valence-corrected chi connectivity index (χ0v) is 25.9. The van der Waals surface area contributed by atoms with E-state index in [9.17, 15) is 31.2 Å². The third kappa shape index (κ3) is 10.5. The fourth-order valence-corrected chi connectivity index (χ4v) is 6.14. The first-order valence-electron chi connectivity index (χ1n) is 14.2. The van der Waals surface area contributed by atoms with Gasteiger partial charge in [0.25, 0.3) is 0 Å². The fraction of sp³-hybridized carbons (Fsp3) is 0.533. The van der Waals surface area contributed by atoms with Crippen LogP contribution in [0, 0.1) is 0 Å². The number of hydrogen-bond donors (Lipinski definition) is 2. The van der Waals surface area contributed by atoms with Crippen LogP contribution in [0.25, 0.3) is 0 Å². The molecular formula is C30H40F3N2O7S+. The van der Waals surface area contributed by atoms with E-state index in [-0.39, 0.29) is 59.7 Å². The number of nitrogens with one attached hydrogen (secondary N) is 2. The van der Waals surface area contributed by atoms with E-state index in [1.165, 1.54) is 24.3 Å². The summed E-state index contributed by atoms with van der Waals surface area (Å²) in [5.74, 6) is -0.301. The maximum absolute atomic E-state index is 13.1. The van der Waals surface area contributed by atoms with Gasteiger partial charge in [0.15, 0.2) is 5.78 Å². The molecule has 0 spiro atoms. The van der Waals surface area contributed by atoms with Gasteiger partial charge in [-0.25, -0.2) is 18.0 Å². The van der Waals surface area contributed by atoms with Crippen LogP contribution >= 0.6 is 0 Å². The zero-order valence-electron chi connectivity index (χ0n) is 25.1. The summed E-state index contributed by atoms with van der Waals surface area (Å²) in [6, 6.07) is 8.43. The molecule has 1 aliphatic heterocycles. The number of para-hydroxylation sites is 1. The van der Waals surface area contributed by atoms with Gasteiger partial charge in [-0.1, -0.05) is 18.2 Å². The number of ketones is 1.